The van der Waals surface area contributed by atoms with Gasteiger partial charge < -0.3 is 20.2 Å². The Kier molecular flexibility index (Phi) is 5.70. The predicted molar refractivity (Wildman–Crippen MR) is 133 cm³/mol. The van der Waals surface area contributed by atoms with Crippen LogP contribution in [0.3, 0.4) is 0 Å². The first-order valence-corrected chi connectivity index (χ1v) is 12.6. The van der Waals surface area contributed by atoms with Gasteiger partial charge in [0.25, 0.3) is 5.91 Å². The van der Waals surface area contributed by atoms with E-state index in [9.17, 15) is 18.3 Å². The maximum atomic E-state index is 13.1. The van der Waals surface area contributed by atoms with Crippen LogP contribution in [0.2, 0.25) is 0 Å². The van der Waals surface area contributed by atoms with Crippen LogP contribution >= 0.6 is 0 Å². The number of benzene rings is 2. The molecule has 1 aromatic heterocycles. The van der Waals surface area contributed by atoms with Crippen LogP contribution in [0.15, 0.2) is 53.6 Å². The molecule has 1 saturated heterocycles. The summed E-state index contributed by atoms with van der Waals surface area (Å²) in [4.78, 5) is 25.6. The van der Waals surface area contributed by atoms with Crippen LogP contribution in [0.1, 0.15) is 22.3 Å². The number of hydrogen-bond donors (Lipinski definition) is 2. The minimum absolute atomic E-state index is 0.0908. The highest BCUT2D eigenvalue weighted by molar-refractivity contribution is 7.89. The van der Waals surface area contributed by atoms with Gasteiger partial charge in [0.2, 0.25) is 16.0 Å². The van der Waals surface area contributed by atoms with Gasteiger partial charge >= 0.3 is 0 Å². The molecule has 0 bridgehead atoms. The normalized spacial score (nSPS) is 18.3. The summed E-state index contributed by atoms with van der Waals surface area (Å²) in [5.74, 6) is 0.650. The van der Waals surface area contributed by atoms with Gasteiger partial charge in [-0.25, -0.2) is 13.4 Å². The van der Waals surface area contributed by atoms with Crippen molar-refractivity contribution in [1.29, 1.82) is 0 Å². The number of aliphatic hydroxyl groups excluding tert-OH is 1. The van der Waals surface area contributed by atoms with E-state index in [1.165, 1.54) is 21.3 Å². The fraction of sp³-hybridized carbons (Fsp3) is 0.292. The van der Waals surface area contributed by atoms with Crippen LogP contribution in [0.25, 0.3) is 0 Å². The van der Waals surface area contributed by atoms with E-state index in [1.54, 1.807) is 25.4 Å². The average Bonchev–Trinajstić information content (AvgIpc) is 3.27. The zero-order valence-corrected chi connectivity index (χ0v) is 20.5. The number of aromatic nitrogens is 2. The number of aliphatic hydroxyl groups is 1. The molecule has 1 fully saturated rings. The first-order valence-electron chi connectivity index (χ1n) is 11.2. The lowest BCUT2D eigenvalue weighted by Gasteiger charge is -2.21. The Hall–Kier alpha value is -3.54. The molecule has 0 unspecified atom stereocenters. The minimum Gasteiger partial charge on any atom is -0.392 e. The molecule has 35 heavy (non-hydrogen) atoms. The summed E-state index contributed by atoms with van der Waals surface area (Å²) in [5.41, 5.74) is 3.35. The van der Waals surface area contributed by atoms with Crippen molar-refractivity contribution in [2.75, 3.05) is 42.3 Å². The number of nitrogens with zero attached hydrogens (tertiary/aromatic N) is 5. The van der Waals surface area contributed by atoms with E-state index >= 15 is 0 Å². The summed E-state index contributed by atoms with van der Waals surface area (Å²) in [6, 6.07) is 12.1. The van der Waals surface area contributed by atoms with Crippen LogP contribution < -0.4 is 15.1 Å². The number of amides is 1. The summed E-state index contributed by atoms with van der Waals surface area (Å²) >= 11 is 0. The Labute approximate surface area is 203 Å². The van der Waals surface area contributed by atoms with E-state index in [2.05, 4.69) is 15.3 Å². The van der Waals surface area contributed by atoms with Crippen LogP contribution in [-0.4, -0.2) is 67.0 Å². The molecule has 11 heteroatoms. The molecule has 2 aliphatic heterocycles. The molecule has 2 aromatic carbocycles. The zero-order valence-electron chi connectivity index (χ0n) is 19.6. The maximum Gasteiger partial charge on any atom is 0.260 e. The number of fused-ring (bicyclic) bond motifs is 2. The number of carbonyl (C=O) groups excluding carboxylic acids is 1. The number of rotatable bonds is 4. The molecule has 1 atom stereocenters. The van der Waals surface area contributed by atoms with Crippen LogP contribution in [0, 0.1) is 6.92 Å². The number of aryl methyl sites for hydroxylation is 1. The lowest BCUT2D eigenvalue weighted by molar-refractivity contribution is 0.0994. The molecule has 2 aliphatic rings. The summed E-state index contributed by atoms with van der Waals surface area (Å²) < 4.78 is 27.2. The van der Waals surface area contributed by atoms with Crippen molar-refractivity contribution in [2.24, 2.45) is 0 Å². The summed E-state index contributed by atoms with van der Waals surface area (Å²) in [5, 5.41) is 12.8. The van der Waals surface area contributed by atoms with Gasteiger partial charge in [-0.05, 0) is 43.7 Å². The topological polar surface area (TPSA) is 119 Å². The number of β-amino-alcohol motifs (C(OH)–C–C–N with tert-alkyl or cyclic N) is 1. The highest BCUT2D eigenvalue weighted by atomic mass is 32.2. The molecule has 0 radical (unpaired) electrons. The van der Waals surface area contributed by atoms with Crippen molar-refractivity contribution in [2.45, 2.75) is 24.3 Å². The molecule has 3 aromatic rings. The van der Waals surface area contributed by atoms with Gasteiger partial charge in [-0.15, -0.1) is 0 Å². The number of carbonyl (C=O) groups is 1. The minimum atomic E-state index is -3.72. The molecule has 3 heterocycles. The SMILES string of the molecule is Cc1ccc2c(c1)C(=O)N(C)c1cnc(Nc3cccc(S(=O)(=O)N4CC[C@@H](O)C4)c3)nc1N2C. The number of hydrogen-bond acceptors (Lipinski definition) is 8. The Morgan fingerprint density at radius 2 is 1.89 bits per heavy atom. The molecule has 182 valence electrons. The fourth-order valence-electron chi connectivity index (χ4n) is 4.37. The van der Waals surface area contributed by atoms with Gasteiger partial charge in [0.15, 0.2) is 5.82 Å². The monoisotopic (exact) mass is 494 g/mol. The Balaban J connectivity index is 1.47. The third-order valence-electron chi connectivity index (χ3n) is 6.33. The fourth-order valence-corrected chi connectivity index (χ4v) is 5.91. The van der Waals surface area contributed by atoms with Crippen molar-refractivity contribution in [3.05, 3.63) is 59.8 Å². The highest BCUT2D eigenvalue weighted by Gasteiger charge is 2.32. The largest absolute Gasteiger partial charge is 0.392 e. The highest BCUT2D eigenvalue weighted by Crippen LogP contribution is 2.38. The summed E-state index contributed by atoms with van der Waals surface area (Å²) in [6.07, 6.45) is 1.35. The van der Waals surface area contributed by atoms with Gasteiger partial charge in [-0.1, -0.05) is 17.7 Å². The van der Waals surface area contributed by atoms with Crippen LogP contribution in [0.4, 0.5) is 28.8 Å². The predicted octanol–water partition coefficient (Wildman–Crippen LogP) is 2.64. The second-order valence-electron chi connectivity index (χ2n) is 8.80. The van der Waals surface area contributed by atoms with E-state index in [0.29, 0.717) is 29.2 Å². The van der Waals surface area contributed by atoms with E-state index in [1.807, 2.05) is 37.1 Å². The van der Waals surface area contributed by atoms with Crippen molar-refractivity contribution >= 4 is 44.8 Å². The Morgan fingerprint density at radius 3 is 2.63 bits per heavy atom. The van der Waals surface area contributed by atoms with E-state index in [4.69, 9.17) is 0 Å². The second-order valence-corrected chi connectivity index (χ2v) is 10.7. The molecule has 2 N–H and O–H groups in total. The van der Waals surface area contributed by atoms with Gasteiger partial charge in [-0.3, -0.25) is 4.79 Å². The van der Waals surface area contributed by atoms with Crippen molar-refractivity contribution in [1.82, 2.24) is 14.3 Å². The smallest absolute Gasteiger partial charge is 0.260 e. The first-order chi connectivity index (χ1) is 16.6. The Morgan fingerprint density at radius 1 is 1.09 bits per heavy atom. The van der Waals surface area contributed by atoms with E-state index in [-0.39, 0.29) is 29.8 Å². The lowest BCUT2D eigenvalue weighted by Crippen LogP contribution is -2.29. The molecule has 0 aliphatic carbocycles. The van der Waals surface area contributed by atoms with Gasteiger partial charge in [-0.2, -0.15) is 9.29 Å². The Bertz CT molecular complexity index is 1430. The second kappa shape index (κ2) is 8.59. The molecule has 10 nitrogen and oxygen atoms in total. The van der Waals surface area contributed by atoms with Crippen molar-refractivity contribution in [3.8, 4) is 0 Å². The zero-order chi connectivity index (χ0) is 24.9. The number of nitrogens with one attached hydrogen (secondary N) is 1. The first kappa shape index (κ1) is 23.2. The molecule has 0 spiro atoms. The quantitative estimate of drug-likeness (QED) is 0.568. The lowest BCUT2D eigenvalue weighted by atomic mass is 10.1. The van der Waals surface area contributed by atoms with Crippen molar-refractivity contribution in [3.63, 3.8) is 0 Å². The van der Waals surface area contributed by atoms with Gasteiger partial charge in [0.05, 0.1) is 28.4 Å². The molecule has 0 saturated carbocycles. The number of sulfonamides is 1. The van der Waals surface area contributed by atoms with E-state index in [0.717, 1.165) is 11.3 Å². The molecular weight excluding hydrogens is 468 g/mol. The summed E-state index contributed by atoms with van der Waals surface area (Å²) in [7, 11) is -0.196. The molecule has 5 rings (SSSR count). The molecular formula is C24H26N6O4S. The van der Waals surface area contributed by atoms with Gasteiger partial charge in [0.1, 0.15) is 5.69 Å². The number of anilines is 5. The van der Waals surface area contributed by atoms with Crippen molar-refractivity contribution < 1.29 is 18.3 Å². The van der Waals surface area contributed by atoms with Gasteiger partial charge in [0, 0.05) is 32.9 Å². The third-order valence-corrected chi connectivity index (χ3v) is 8.19. The maximum absolute atomic E-state index is 13.1. The summed E-state index contributed by atoms with van der Waals surface area (Å²) in [6.45, 7) is 2.32. The van der Waals surface area contributed by atoms with Crippen LogP contribution in [0.5, 0.6) is 0 Å². The third kappa shape index (κ3) is 4.11. The van der Waals surface area contributed by atoms with E-state index < -0.39 is 16.1 Å². The standard InChI is InChI=1S/C24H26N6O4S/c1-15-7-8-20-19(11-15)23(32)29(3)21-13-25-24(27-22(21)28(20)2)26-16-5-4-6-18(12-16)35(33,34)30-10-9-17(31)14-30/h4-8,11-13,17,31H,9-10,14H2,1-3H3,(H,25,26,27)/t17-/m1/s1. The van der Waals surface area contributed by atoms with Crippen LogP contribution in [-0.2, 0) is 10.0 Å². The average molecular weight is 495 g/mol. The molecule has 1 amide bonds.